The summed E-state index contributed by atoms with van der Waals surface area (Å²) in [5.41, 5.74) is 1.71. The van der Waals surface area contributed by atoms with Gasteiger partial charge in [0.2, 0.25) is 0 Å². The highest BCUT2D eigenvalue weighted by Gasteiger charge is 2.08. The Hall–Kier alpha value is -2.29. The van der Waals surface area contributed by atoms with E-state index >= 15 is 0 Å². The van der Waals surface area contributed by atoms with Crippen molar-refractivity contribution in [1.29, 1.82) is 0 Å². The van der Waals surface area contributed by atoms with E-state index in [0.717, 1.165) is 17.7 Å². The molecule has 0 bridgehead atoms. The minimum atomic E-state index is 0.0190. The van der Waals surface area contributed by atoms with Gasteiger partial charge in [-0.15, -0.1) is 0 Å². The SMILES string of the molecule is CC(=O)c1ccc(C)cc1OCCCOc1ccccc1. The maximum atomic E-state index is 11.5. The molecular formula is C18H20O3. The predicted octanol–water partition coefficient (Wildman–Crippen LogP) is 4.05. The summed E-state index contributed by atoms with van der Waals surface area (Å²) in [6.45, 7) is 4.65. The average Bonchev–Trinajstić information content (AvgIpc) is 2.48. The highest BCUT2D eigenvalue weighted by molar-refractivity contribution is 5.96. The van der Waals surface area contributed by atoms with E-state index in [0.29, 0.717) is 24.5 Å². The van der Waals surface area contributed by atoms with Crippen molar-refractivity contribution in [2.45, 2.75) is 20.3 Å². The highest BCUT2D eigenvalue weighted by atomic mass is 16.5. The molecule has 0 N–H and O–H groups in total. The van der Waals surface area contributed by atoms with Gasteiger partial charge < -0.3 is 9.47 Å². The van der Waals surface area contributed by atoms with Crippen LogP contribution in [0.4, 0.5) is 0 Å². The van der Waals surface area contributed by atoms with Crippen molar-refractivity contribution in [3.05, 3.63) is 59.7 Å². The van der Waals surface area contributed by atoms with Crippen LogP contribution in [0.2, 0.25) is 0 Å². The number of Topliss-reactive ketones (excluding diaryl/α,β-unsaturated/α-hetero) is 1. The Morgan fingerprint density at radius 2 is 1.71 bits per heavy atom. The smallest absolute Gasteiger partial charge is 0.163 e. The summed E-state index contributed by atoms with van der Waals surface area (Å²) >= 11 is 0. The summed E-state index contributed by atoms with van der Waals surface area (Å²) in [4.78, 5) is 11.5. The van der Waals surface area contributed by atoms with Crippen molar-refractivity contribution < 1.29 is 14.3 Å². The summed E-state index contributed by atoms with van der Waals surface area (Å²) in [6.07, 6.45) is 0.764. The number of para-hydroxylation sites is 1. The quantitative estimate of drug-likeness (QED) is 0.568. The van der Waals surface area contributed by atoms with Crippen LogP contribution in [0.15, 0.2) is 48.5 Å². The van der Waals surface area contributed by atoms with E-state index in [2.05, 4.69) is 0 Å². The third-order valence-corrected chi connectivity index (χ3v) is 3.07. The molecule has 2 aromatic carbocycles. The van der Waals surface area contributed by atoms with E-state index in [1.165, 1.54) is 0 Å². The van der Waals surface area contributed by atoms with Crippen LogP contribution >= 0.6 is 0 Å². The molecule has 2 aromatic rings. The topological polar surface area (TPSA) is 35.5 Å². The summed E-state index contributed by atoms with van der Waals surface area (Å²) in [7, 11) is 0. The fourth-order valence-corrected chi connectivity index (χ4v) is 1.99. The number of ketones is 1. The van der Waals surface area contributed by atoms with E-state index in [1.54, 1.807) is 6.92 Å². The Morgan fingerprint density at radius 1 is 1.00 bits per heavy atom. The molecule has 0 aliphatic carbocycles. The minimum Gasteiger partial charge on any atom is -0.493 e. The second-order valence-corrected chi connectivity index (χ2v) is 4.92. The zero-order chi connectivity index (χ0) is 15.1. The largest absolute Gasteiger partial charge is 0.493 e. The molecule has 110 valence electrons. The molecule has 0 aliphatic rings. The van der Waals surface area contributed by atoms with Crippen LogP contribution in [0.3, 0.4) is 0 Å². The van der Waals surface area contributed by atoms with Gasteiger partial charge in [0.25, 0.3) is 0 Å². The number of hydrogen-bond donors (Lipinski definition) is 0. The van der Waals surface area contributed by atoms with Crippen LogP contribution in [0, 0.1) is 6.92 Å². The maximum Gasteiger partial charge on any atom is 0.163 e. The monoisotopic (exact) mass is 284 g/mol. The van der Waals surface area contributed by atoms with Crippen LogP contribution in [0.25, 0.3) is 0 Å². The van der Waals surface area contributed by atoms with Crippen molar-refractivity contribution in [2.75, 3.05) is 13.2 Å². The van der Waals surface area contributed by atoms with Crippen LogP contribution in [0.1, 0.15) is 29.3 Å². The molecule has 0 amide bonds. The number of ether oxygens (including phenoxy) is 2. The van der Waals surface area contributed by atoms with Gasteiger partial charge >= 0.3 is 0 Å². The first-order valence-corrected chi connectivity index (χ1v) is 7.09. The Kier molecular flexibility index (Phi) is 5.38. The van der Waals surface area contributed by atoms with Crippen LogP contribution in [0.5, 0.6) is 11.5 Å². The number of rotatable bonds is 7. The highest BCUT2D eigenvalue weighted by Crippen LogP contribution is 2.21. The first kappa shape index (κ1) is 15.1. The average molecular weight is 284 g/mol. The lowest BCUT2D eigenvalue weighted by molar-refractivity contribution is 0.101. The van der Waals surface area contributed by atoms with Gasteiger partial charge in [-0.1, -0.05) is 24.3 Å². The molecule has 3 nitrogen and oxygen atoms in total. The molecule has 0 fully saturated rings. The van der Waals surface area contributed by atoms with Gasteiger partial charge in [-0.25, -0.2) is 0 Å². The third kappa shape index (κ3) is 4.63. The second kappa shape index (κ2) is 7.48. The van der Waals surface area contributed by atoms with Crippen molar-refractivity contribution in [2.24, 2.45) is 0 Å². The third-order valence-electron chi connectivity index (χ3n) is 3.07. The van der Waals surface area contributed by atoms with Crippen LogP contribution in [-0.4, -0.2) is 19.0 Å². The maximum absolute atomic E-state index is 11.5. The first-order chi connectivity index (χ1) is 10.2. The molecule has 0 saturated heterocycles. The van der Waals surface area contributed by atoms with E-state index in [9.17, 15) is 4.79 Å². The summed E-state index contributed by atoms with van der Waals surface area (Å²) in [5, 5.41) is 0. The fourth-order valence-electron chi connectivity index (χ4n) is 1.99. The number of carbonyl (C=O) groups is 1. The standard InChI is InChI=1S/C18H20O3/c1-14-9-10-17(15(2)19)18(13-14)21-12-6-11-20-16-7-4-3-5-8-16/h3-5,7-10,13H,6,11-12H2,1-2H3. The van der Waals surface area contributed by atoms with Gasteiger partial charge in [0.15, 0.2) is 5.78 Å². The van der Waals surface area contributed by atoms with Crippen LogP contribution < -0.4 is 9.47 Å². The molecule has 3 heteroatoms. The van der Waals surface area contributed by atoms with E-state index in [4.69, 9.17) is 9.47 Å². The van der Waals surface area contributed by atoms with Crippen molar-refractivity contribution in [1.82, 2.24) is 0 Å². The minimum absolute atomic E-state index is 0.0190. The summed E-state index contributed by atoms with van der Waals surface area (Å²) in [6, 6.07) is 15.3. The molecule has 21 heavy (non-hydrogen) atoms. The number of carbonyl (C=O) groups excluding carboxylic acids is 1. The van der Waals surface area contributed by atoms with Crippen molar-refractivity contribution in [3.63, 3.8) is 0 Å². The van der Waals surface area contributed by atoms with Crippen molar-refractivity contribution >= 4 is 5.78 Å². The molecule has 0 unspecified atom stereocenters. The van der Waals surface area contributed by atoms with Gasteiger partial charge in [0, 0.05) is 6.42 Å². The predicted molar refractivity (Wildman–Crippen MR) is 83.2 cm³/mol. The molecule has 0 atom stereocenters. The fraction of sp³-hybridized carbons (Fsp3) is 0.278. The molecule has 0 heterocycles. The molecular weight excluding hydrogens is 264 g/mol. The van der Waals surface area contributed by atoms with Gasteiger partial charge in [-0.3, -0.25) is 4.79 Å². The summed E-state index contributed by atoms with van der Waals surface area (Å²) < 4.78 is 11.3. The second-order valence-electron chi connectivity index (χ2n) is 4.92. The number of benzene rings is 2. The Bertz CT molecular complexity index is 591. The molecule has 0 saturated carbocycles. The zero-order valence-corrected chi connectivity index (χ0v) is 12.5. The molecule has 0 spiro atoms. The lowest BCUT2D eigenvalue weighted by atomic mass is 10.1. The Balaban J connectivity index is 1.81. The van der Waals surface area contributed by atoms with E-state index in [1.807, 2.05) is 55.5 Å². The normalized spacial score (nSPS) is 10.2. The summed E-state index contributed by atoms with van der Waals surface area (Å²) in [5.74, 6) is 1.53. The van der Waals surface area contributed by atoms with Gasteiger partial charge in [0.05, 0.1) is 18.8 Å². The molecule has 0 aromatic heterocycles. The van der Waals surface area contributed by atoms with E-state index < -0.39 is 0 Å². The van der Waals surface area contributed by atoms with Crippen LogP contribution in [-0.2, 0) is 0 Å². The lowest BCUT2D eigenvalue weighted by Crippen LogP contribution is -2.07. The Morgan fingerprint density at radius 3 is 2.43 bits per heavy atom. The van der Waals surface area contributed by atoms with Gasteiger partial charge in [-0.05, 0) is 43.7 Å². The van der Waals surface area contributed by atoms with Gasteiger partial charge in [-0.2, -0.15) is 0 Å². The molecule has 0 radical (unpaired) electrons. The van der Waals surface area contributed by atoms with Crippen molar-refractivity contribution in [3.8, 4) is 11.5 Å². The zero-order valence-electron chi connectivity index (χ0n) is 12.5. The Labute approximate surface area is 125 Å². The molecule has 0 aliphatic heterocycles. The first-order valence-electron chi connectivity index (χ1n) is 7.09. The lowest BCUT2D eigenvalue weighted by Gasteiger charge is -2.11. The van der Waals surface area contributed by atoms with Gasteiger partial charge in [0.1, 0.15) is 11.5 Å². The molecule has 2 rings (SSSR count). The van der Waals surface area contributed by atoms with E-state index in [-0.39, 0.29) is 5.78 Å². The number of aryl methyl sites for hydroxylation is 1. The number of hydrogen-bond acceptors (Lipinski definition) is 3.